The molecular weight excluding hydrogens is 252 g/mol. The second-order valence-corrected chi connectivity index (χ2v) is 3.37. The van der Waals surface area contributed by atoms with Gasteiger partial charge in [-0.3, -0.25) is 19.9 Å². The van der Waals surface area contributed by atoms with Crippen molar-refractivity contribution in [3.63, 3.8) is 0 Å². The van der Waals surface area contributed by atoms with E-state index in [1.165, 1.54) is 24.5 Å². The molecule has 0 bridgehead atoms. The first-order chi connectivity index (χ1) is 9.16. The lowest BCUT2D eigenvalue weighted by Crippen LogP contribution is -2.17. The van der Waals surface area contributed by atoms with E-state index in [-0.39, 0.29) is 11.6 Å². The van der Waals surface area contributed by atoms with Crippen LogP contribution in [0.2, 0.25) is 0 Å². The minimum absolute atomic E-state index is 0.165. The second-order valence-electron chi connectivity index (χ2n) is 3.37. The van der Waals surface area contributed by atoms with Crippen molar-refractivity contribution in [1.29, 1.82) is 0 Å². The molecule has 2 heterocycles. The molecule has 0 aliphatic heterocycles. The Labute approximate surface area is 106 Å². The molecule has 1 N–H and O–H groups in total. The molecular formula is C11H8N4O4. The number of amides is 1. The number of aromatic nitrogens is 1. The average molecular weight is 260 g/mol. The molecule has 0 saturated carbocycles. The van der Waals surface area contributed by atoms with Gasteiger partial charge in [0.05, 0.1) is 17.8 Å². The topological polar surface area (TPSA) is 111 Å². The van der Waals surface area contributed by atoms with E-state index in [2.05, 4.69) is 15.5 Å². The standard InChI is InChI=1S/C11H8N4O4/c16-11(8-2-1-5-12-6-8)14-13-7-9-3-4-10(19-9)15(17)18/h1-7H,(H,14,16)/b13-7+. The first kappa shape index (κ1) is 12.4. The maximum Gasteiger partial charge on any atom is 0.433 e. The Hall–Kier alpha value is -3.03. The predicted octanol–water partition coefficient (Wildman–Crippen LogP) is 1.35. The van der Waals surface area contributed by atoms with Crippen molar-refractivity contribution in [2.75, 3.05) is 0 Å². The number of nitro groups is 1. The predicted molar refractivity (Wildman–Crippen MR) is 64.7 cm³/mol. The fraction of sp³-hybridized carbons (Fsp3) is 0. The van der Waals surface area contributed by atoms with Crippen LogP contribution >= 0.6 is 0 Å². The number of carbonyl (C=O) groups is 1. The second kappa shape index (κ2) is 5.54. The number of hydrazone groups is 1. The molecule has 8 nitrogen and oxygen atoms in total. The van der Waals surface area contributed by atoms with Crippen LogP contribution in [0.5, 0.6) is 0 Å². The first-order valence-electron chi connectivity index (χ1n) is 5.14. The number of carbonyl (C=O) groups excluding carboxylic acids is 1. The molecule has 0 spiro atoms. The summed E-state index contributed by atoms with van der Waals surface area (Å²) in [6.45, 7) is 0. The van der Waals surface area contributed by atoms with E-state index < -0.39 is 10.8 Å². The maximum absolute atomic E-state index is 11.5. The van der Waals surface area contributed by atoms with Gasteiger partial charge in [0.2, 0.25) is 0 Å². The van der Waals surface area contributed by atoms with Gasteiger partial charge in [0, 0.05) is 12.4 Å². The Kier molecular flexibility index (Phi) is 3.62. The number of hydrogen-bond acceptors (Lipinski definition) is 6. The summed E-state index contributed by atoms with van der Waals surface area (Å²) < 4.78 is 4.82. The van der Waals surface area contributed by atoms with Crippen molar-refractivity contribution in [3.05, 3.63) is 58.1 Å². The summed E-state index contributed by atoms with van der Waals surface area (Å²) in [6.07, 6.45) is 4.10. The van der Waals surface area contributed by atoms with Crippen LogP contribution < -0.4 is 5.43 Å². The Bertz CT molecular complexity index is 621. The Morgan fingerprint density at radius 3 is 2.95 bits per heavy atom. The molecule has 19 heavy (non-hydrogen) atoms. The third-order valence-corrected chi connectivity index (χ3v) is 2.07. The van der Waals surface area contributed by atoms with E-state index >= 15 is 0 Å². The van der Waals surface area contributed by atoms with Gasteiger partial charge in [-0.25, -0.2) is 5.43 Å². The number of nitrogens with one attached hydrogen (secondary N) is 1. The SMILES string of the molecule is O=C(N/N=C/c1ccc([N+](=O)[O-])o1)c1cccnc1. The summed E-state index contributed by atoms with van der Waals surface area (Å²) in [5, 5.41) is 14.0. The molecule has 8 heteroatoms. The van der Waals surface area contributed by atoms with Crippen LogP contribution in [0.25, 0.3) is 0 Å². The Morgan fingerprint density at radius 1 is 1.47 bits per heavy atom. The molecule has 96 valence electrons. The molecule has 0 radical (unpaired) electrons. The van der Waals surface area contributed by atoms with Gasteiger partial charge in [-0.05, 0) is 18.2 Å². The average Bonchev–Trinajstić information content (AvgIpc) is 2.89. The van der Waals surface area contributed by atoms with Crippen LogP contribution in [0, 0.1) is 10.1 Å². The summed E-state index contributed by atoms with van der Waals surface area (Å²) in [4.78, 5) is 25.0. The number of furan rings is 1. The van der Waals surface area contributed by atoms with E-state index in [0.29, 0.717) is 5.56 Å². The maximum atomic E-state index is 11.5. The van der Waals surface area contributed by atoms with Crippen LogP contribution in [-0.4, -0.2) is 22.0 Å². The Morgan fingerprint density at radius 2 is 2.32 bits per heavy atom. The van der Waals surface area contributed by atoms with Gasteiger partial charge in [0.25, 0.3) is 5.91 Å². The van der Waals surface area contributed by atoms with Gasteiger partial charge in [-0.1, -0.05) is 0 Å². The lowest BCUT2D eigenvalue weighted by Gasteiger charge is -1.97. The van der Waals surface area contributed by atoms with Crippen LogP contribution in [0.4, 0.5) is 5.88 Å². The molecule has 0 fully saturated rings. The molecule has 0 atom stereocenters. The lowest BCUT2D eigenvalue weighted by molar-refractivity contribution is -0.402. The number of nitrogens with zero attached hydrogens (tertiary/aromatic N) is 3. The van der Waals surface area contributed by atoms with E-state index in [9.17, 15) is 14.9 Å². The number of pyridine rings is 1. The highest BCUT2D eigenvalue weighted by molar-refractivity contribution is 5.94. The summed E-state index contributed by atoms with van der Waals surface area (Å²) in [7, 11) is 0. The zero-order valence-electron chi connectivity index (χ0n) is 9.52. The van der Waals surface area contributed by atoms with E-state index in [1.807, 2.05) is 0 Å². The van der Waals surface area contributed by atoms with Crippen LogP contribution in [0.15, 0.2) is 46.2 Å². The minimum Gasteiger partial charge on any atom is -0.400 e. The van der Waals surface area contributed by atoms with Gasteiger partial charge >= 0.3 is 5.88 Å². The van der Waals surface area contributed by atoms with E-state index in [1.54, 1.807) is 18.3 Å². The molecule has 2 rings (SSSR count). The fourth-order valence-corrected chi connectivity index (χ4v) is 1.23. The van der Waals surface area contributed by atoms with Crippen molar-refractivity contribution in [2.45, 2.75) is 0 Å². The largest absolute Gasteiger partial charge is 0.433 e. The number of rotatable bonds is 4. The summed E-state index contributed by atoms with van der Waals surface area (Å²) >= 11 is 0. The quantitative estimate of drug-likeness (QED) is 0.506. The summed E-state index contributed by atoms with van der Waals surface area (Å²) in [6, 6.07) is 5.77. The van der Waals surface area contributed by atoms with Gasteiger partial charge < -0.3 is 4.42 Å². The zero-order chi connectivity index (χ0) is 13.7. The molecule has 0 saturated heterocycles. The number of hydrogen-bond donors (Lipinski definition) is 1. The minimum atomic E-state index is -0.661. The zero-order valence-corrected chi connectivity index (χ0v) is 9.52. The first-order valence-corrected chi connectivity index (χ1v) is 5.14. The van der Waals surface area contributed by atoms with Crippen LogP contribution in [-0.2, 0) is 0 Å². The molecule has 0 aliphatic rings. The smallest absolute Gasteiger partial charge is 0.400 e. The van der Waals surface area contributed by atoms with Crippen LogP contribution in [0.1, 0.15) is 16.1 Å². The highest BCUT2D eigenvalue weighted by Gasteiger charge is 2.10. The van der Waals surface area contributed by atoms with Crippen molar-refractivity contribution < 1.29 is 14.1 Å². The molecule has 0 aromatic carbocycles. The van der Waals surface area contributed by atoms with E-state index in [0.717, 1.165) is 0 Å². The molecule has 0 aliphatic carbocycles. The van der Waals surface area contributed by atoms with Gasteiger partial charge in [0.1, 0.15) is 4.92 Å². The van der Waals surface area contributed by atoms with Gasteiger partial charge in [0.15, 0.2) is 5.76 Å². The summed E-state index contributed by atoms with van der Waals surface area (Å²) in [5.41, 5.74) is 2.60. The lowest BCUT2D eigenvalue weighted by atomic mass is 10.3. The molecule has 1 amide bonds. The molecule has 0 unspecified atom stereocenters. The molecule has 2 aromatic heterocycles. The Balaban J connectivity index is 1.96. The monoisotopic (exact) mass is 260 g/mol. The summed E-state index contributed by atoms with van der Waals surface area (Å²) in [5.74, 6) is -0.663. The van der Waals surface area contributed by atoms with Crippen molar-refractivity contribution in [2.24, 2.45) is 5.10 Å². The molecule has 2 aromatic rings. The van der Waals surface area contributed by atoms with Crippen molar-refractivity contribution in [3.8, 4) is 0 Å². The van der Waals surface area contributed by atoms with Gasteiger partial charge in [-0.2, -0.15) is 5.10 Å². The van der Waals surface area contributed by atoms with Gasteiger partial charge in [-0.15, -0.1) is 0 Å². The highest BCUT2D eigenvalue weighted by atomic mass is 16.6. The third kappa shape index (κ3) is 3.22. The fourth-order valence-electron chi connectivity index (χ4n) is 1.23. The van der Waals surface area contributed by atoms with Crippen molar-refractivity contribution >= 4 is 18.0 Å². The third-order valence-electron chi connectivity index (χ3n) is 2.07. The van der Waals surface area contributed by atoms with Crippen LogP contribution in [0.3, 0.4) is 0 Å². The van der Waals surface area contributed by atoms with E-state index in [4.69, 9.17) is 4.42 Å². The highest BCUT2D eigenvalue weighted by Crippen LogP contribution is 2.13. The normalized spacial score (nSPS) is 10.5. The van der Waals surface area contributed by atoms with Crippen molar-refractivity contribution in [1.82, 2.24) is 10.4 Å².